The van der Waals surface area contributed by atoms with Crippen LogP contribution >= 0.6 is 23.2 Å². The highest BCUT2D eigenvalue weighted by molar-refractivity contribution is 6.42. The quantitative estimate of drug-likeness (QED) is 0.172. The molecule has 8 nitrogen and oxygen atoms in total. The molecule has 3 aromatic carbocycles. The number of benzene rings is 3. The van der Waals surface area contributed by atoms with Crippen molar-refractivity contribution >= 4 is 51.6 Å². The molecule has 10 heteroatoms. The molecule has 0 radical (unpaired) electrons. The zero-order valence-electron chi connectivity index (χ0n) is 26.7. The van der Waals surface area contributed by atoms with E-state index in [1.165, 1.54) is 23.4 Å². The van der Waals surface area contributed by atoms with Gasteiger partial charge in [0.15, 0.2) is 0 Å². The third kappa shape index (κ3) is 7.79. The first-order valence-electron chi connectivity index (χ1n) is 15.7. The summed E-state index contributed by atoms with van der Waals surface area (Å²) in [6, 6.07) is 24.6. The van der Waals surface area contributed by atoms with E-state index in [0.29, 0.717) is 57.6 Å². The lowest BCUT2D eigenvalue weighted by atomic mass is 10.0. The van der Waals surface area contributed by atoms with Crippen molar-refractivity contribution in [1.29, 1.82) is 0 Å². The van der Waals surface area contributed by atoms with Crippen molar-refractivity contribution in [3.63, 3.8) is 0 Å². The third-order valence-electron chi connectivity index (χ3n) is 8.37. The predicted molar refractivity (Wildman–Crippen MR) is 188 cm³/mol. The second-order valence-electron chi connectivity index (χ2n) is 12.4. The molecule has 1 aliphatic heterocycles. The number of aryl methyl sites for hydroxylation is 1. The molecule has 1 N–H and O–H groups in total. The Morgan fingerprint density at radius 3 is 2.30 bits per heavy atom. The molecule has 1 aliphatic rings. The monoisotopic (exact) mass is 669 g/mol. The Morgan fingerprint density at radius 2 is 1.62 bits per heavy atom. The molecule has 0 aliphatic carbocycles. The zero-order valence-corrected chi connectivity index (χ0v) is 28.2. The van der Waals surface area contributed by atoms with Gasteiger partial charge < -0.3 is 19.5 Å². The second kappa shape index (κ2) is 14.2. The molecule has 0 atom stereocenters. The fraction of sp³-hybridized carbons (Fsp3) is 0.270. The van der Waals surface area contributed by atoms with Crippen molar-refractivity contribution in [3.05, 3.63) is 117 Å². The Hall–Kier alpha value is -4.37. The maximum absolute atomic E-state index is 13.6. The molecule has 0 saturated carbocycles. The van der Waals surface area contributed by atoms with Gasteiger partial charge in [0, 0.05) is 62.9 Å². The fourth-order valence-corrected chi connectivity index (χ4v) is 6.13. The molecule has 1 saturated heterocycles. The Kier molecular flexibility index (Phi) is 9.82. The molecule has 47 heavy (non-hydrogen) atoms. The van der Waals surface area contributed by atoms with Gasteiger partial charge in [-0.25, -0.2) is 4.98 Å². The highest BCUT2D eigenvalue weighted by Crippen LogP contribution is 2.28. The molecule has 5 aromatic rings. The maximum atomic E-state index is 13.6. The lowest BCUT2D eigenvalue weighted by Crippen LogP contribution is -2.48. The van der Waals surface area contributed by atoms with Crippen LogP contribution in [0.2, 0.25) is 10.0 Å². The van der Waals surface area contributed by atoms with Crippen LogP contribution in [0.4, 0.5) is 5.69 Å². The van der Waals surface area contributed by atoms with E-state index in [1.54, 1.807) is 24.3 Å². The van der Waals surface area contributed by atoms with Gasteiger partial charge in [-0.3, -0.25) is 14.5 Å². The van der Waals surface area contributed by atoms with E-state index in [4.69, 9.17) is 27.9 Å². The largest absolute Gasteiger partial charge is 0.439 e. The molecule has 2 amide bonds. The molecule has 0 unspecified atom stereocenters. The van der Waals surface area contributed by atoms with Crippen LogP contribution in [0.3, 0.4) is 0 Å². The minimum atomic E-state index is -0.330. The first-order valence-corrected chi connectivity index (χ1v) is 16.5. The number of piperazine rings is 1. The number of ether oxygens (including phenoxy) is 1. The number of carbonyl (C=O) groups is 2. The smallest absolute Gasteiger partial charge is 0.270 e. The number of nitrogens with zero attached hydrogens (tertiary/aromatic N) is 4. The predicted octanol–water partition coefficient (Wildman–Crippen LogP) is 8.08. The Labute approximate surface area is 284 Å². The van der Waals surface area contributed by atoms with Gasteiger partial charge in [0.05, 0.1) is 27.4 Å². The fourth-order valence-electron chi connectivity index (χ4n) is 5.84. The molecular weight excluding hydrogens is 633 g/mol. The number of hydrogen-bond acceptors (Lipinski definition) is 5. The van der Waals surface area contributed by atoms with Gasteiger partial charge in [0.25, 0.3) is 11.8 Å². The summed E-state index contributed by atoms with van der Waals surface area (Å²) < 4.78 is 7.94. The van der Waals surface area contributed by atoms with E-state index in [-0.39, 0.29) is 11.8 Å². The molecule has 3 heterocycles. The normalized spacial score (nSPS) is 13.7. The Morgan fingerprint density at radius 1 is 0.872 bits per heavy atom. The van der Waals surface area contributed by atoms with Gasteiger partial charge >= 0.3 is 0 Å². The number of aromatic nitrogens is 2. The van der Waals surface area contributed by atoms with Crippen LogP contribution in [0.15, 0.2) is 85.1 Å². The van der Waals surface area contributed by atoms with E-state index in [2.05, 4.69) is 53.3 Å². The number of anilines is 1. The highest BCUT2D eigenvalue weighted by Gasteiger charge is 2.25. The van der Waals surface area contributed by atoms with Gasteiger partial charge in [-0.2, -0.15) is 0 Å². The standard InChI is InChI=1S/C37H37Cl2N5O3/c1-24(2)18-25-4-6-26(7-5-25)23-43-14-16-44(17-15-43)37(46)34-20-27-8-11-30(21-33(27)42(34)3)47-35-13-10-29(22-40-35)41-36(45)28-9-12-31(38)32(39)19-28/h4-13,19-22,24H,14-18,23H2,1-3H3,(H,41,45). The number of halogens is 2. The minimum Gasteiger partial charge on any atom is -0.439 e. The van der Waals surface area contributed by atoms with E-state index in [1.807, 2.05) is 40.8 Å². The lowest BCUT2D eigenvalue weighted by Gasteiger charge is -2.34. The summed E-state index contributed by atoms with van der Waals surface area (Å²) in [6.45, 7) is 8.44. The molecule has 242 valence electrons. The van der Waals surface area contributed by atoms with Gasteiger partial charge in [-0.05, 0) is 65.9 Å². The number of carbonyl (C=O) groups excluding carboxylic acids is 2. The van der Waals surface area contributed by atoms with Crippen molar-refractivity contribution in [2.75, 3.05) is 31.5 Å². The number of pyridine rings is 1. The number of amides is 2. The SMILES string of the molecule is CC(C)Cc1ccc(CN2CCN(C(=O)c3cc4ccc(Oc5ccc(NC(=O)c6ccc(Cl)c(Cl)c6)cn5)cc4n3C)CC2)cc1. The maximum Gasteiger partial charge on any atom is 0.270 e. The summed E-state index contributed by atoms with van der Waals surface area (Å²) in [7, 11) is 1.90. The molecule has 0 spiro atoms. The van der Waals surface area contributed by atoms with Gasteiger partial charge in [-0.15, -0.1) is 0 Å². The Bertz CT molecular complexity index is 1900. The summed E-state index contributed by atoms with van der Waals surface area (Å²) >= 11 is 12.0. The van der Waals surface area contributed by atoms with Gasteiger partial charge in [-0.1, -0.05) is 61.3 Å². The molecule has 2 aromatic heterocycles. The zero-order chi connectivity index (χ0) is 33.1. The van der Waals surface area contributed by atoms with Gasteiger partial charge in [0.2, 0.25) is 5.88 Å². The van der Waals surface area contributed by atoms with Crippen LogP contribution < -0.4 is 10.1 Å². The topological polar surface area (TPSA) is 79.7 Å². The summed E-state index contributed by atoms with van der Waals surface area (Å²) in [5, 5.41) is 4.43. The van der Waals surface area contributed by atoms with E-state index in [0.717, 1.165) is 37.0 Å². The van der Waals surface area contributed by atoms with E-state index < -0.39 is 0 Å². The van der Waals surface area contributed by atoms with E-state index >= 15 is 0 Å². The first-order chi connectivity index (χ1) is 22.6. The van der Waals surface area contributed by atoms with Crippen LogP contribution in [0, 0.1) is 5.92 Å². The number of hydrogen-bond donors (Lipinski definition) is 1. The number of fused-ring (bicyclic) bond motifs is 1. The molecule has 6 rings (SSSR count). The van der Waals surface area contributed by atoms with Crippen LogP contribution in [0.1, 0.15) is 45.8 Å². The number of rotatable bonds is 9. The van der Waals surface area contributed by atoms with Crippen LogP contribution in [0.25, 0.3) is 10.9 Å². The van der Waals surface area contributed by atoms with Crippen molar-refractivity contribution < 1.29 is 14.3 Å². The first kappa shape index (κ1) is 32.6. The molecular formula is C37H37Cl2N5O3. The number of nitrogens with one attached hydrogen (secondary N) is 1. The summed E-state index contributed by atoms with van der Waals surface area (Å²) in [6.07, 6.45) is 2.62. The highest BCUT2D eigenvalue weighted by atomic mass is 35.5. The second-order valence-corrected chi connectivity index (χ2v) is 13.2. The van der Waals surface area contributed by atoms with E-state index in [9.17, 15) is 9.59 Å². The van der Waals surface area contributed by atoms with Crippen molar-refractivity contribution in [3.8, 4) is 11.6 Å². The third-order valence-corrected chi connectivity index (χ3v) is 9.11. The Balaban J connectivity index is 1.05. The summed E-state index contributed by atoms with van der Waals surface area (Å²) in [5.74, 6) is 1.30. The minimum absolute atomic E-state index is 0.0315. The average molecular weight is 671 g/mol. The van der Waals surface area contributed by atoms with Crippen molar-refractivity contribution in [2.45, 2.75) is 26.8 Å². The summed E-state index contributed by atoms with van der Waals surface area (Å²) in [4.78, 5) is 34.9. The molecule has 1 fully saturated rings. The van der Waals surface area contributed by atoms with Crippen LogP contribution in [0.5, 0.6) is 11.6 Å². The lowest BCUT2D eigenvalue weighted by molar-refractivity contribution is 0.0619. The van der Waals surface area contributed by atoms with Crippen LogP contribution in [-0.4, -0.2) is 57.3 Å². The summed E-state index contributed by atoms with van der Waals surface area (Å²) in [5.41, 5.74) is 5.10. The van der Waals surface area contributed by atoms with Crippen LogP contribution in [-0.2, 0) is 20.0 Å². The average Bonchev–Trinajstić information content (AvgIpc) is 3.39. The van der Waals surface area contributed by atoms with Crippen molar-refractivity contribution in [2.24, 2.45) is 13.0 Å². The van der Waals surface area contributed by atoms with Crippen molar-refractivity contribution in [1.82, 2.24) is 19.4 Å². The van der Waals surface area contributed by atoms with Gasteiger partial charge in [0.1, 0.15) is 11.4 Å². The molecule has 0 bridgehead atoms.